The molecule has 0 amide bonds. The molecule has 0 aliphatic rings. The van der Waals surface area contributed by atoms with Gasteiger partial charge in [0.1, 0.15) is 0 Å². The molecular weight excluding hydrogens is 244 g/mol. The largest absolute Gasteiger partial charge is 2.00 e. The van der Waals surface area contributed by atoms with Crippen molar-refractivity contribution in [3.05, 3.63) is 0 Å². The molecule has 0 spiro atoms. The maximum atomic E-state index is 8.70. The Morgan fingerprint density at radius 2 is 0.727 bits per heavy atom. The minimum atomic E-state index is -1.50. The molecule has 0 bridgehead atoms. The zero-order valence-electron chi connectivity index (χ0n) is 5.75. The van der Waals surface area contributed by atoms with Crippen molar-refractivity contribution >= 4 is 34.9 Å². The molecule has 9 heteroatoms. The van der Waals surface area contributed by atoms with E-state index in [2.05, 4.69) is 24.4 Å². The van der Waals surface area contributed by atoms with E-state index in [1.165, 1.54) is 0 Å². The first-order valence-corrected chi connectivity index (χ1v) is 2.04. The second-order valence-electron chi connectivity index (χ2n) is 0.500. The van der Waals surface area contributed by atoms with Gasteiger partial charge in [-0.05, 0) is 0 Å². The molecule has 0 atom stereocenters. The van der Waals surface area contributed by atoms with Crippen LogP contribution in [0.2, 0.25) is 0 Å². The van der Waals surface area contributed by atoms with Crippen LogP contribution in [0.15, 0.2) is 0 Å². The van der Waals surface area contributed by atoms with E-state index in [1.807, 2.05) is 0 Å². The number of thiocarbonyl (C=S) groups is 2. The van der Waals surface area contributed by atoms with Gasteiger partial charge in [-0.25, -0.2) is 0 Å². The molecule has 0 saturated heterocycles. The van der Waals surface area contributed by atoms with Gasteiger partial charge >= 0.3 is 17.1 Å². The van der Waals surface area contributed by atoms with E-state index >= 15 is 0 Å². The third-order valence-corrected chi connectivity index (χ3v) is 0. The van der Waals surface area contributed by atoms with Crippen molar-refractivity contribution in [2.24, 2.45) is 0 Å². The SMILES string of the molecule is [Cu+2].[NH4+].[NH4+].[O-]C([O-])=S.[O-]C([O-])=S. The number of hydrogen-bond donors (Lipinski definition) is 2. The molecule has 0 aromatic rings. The summed E-state index contributed by atoms with van der Waals surface area (Å²) < 4.78 is 0. The summed E-state index contributed by atoms with van der Waals surface area (Å²) in [6.07, 6.45) is 0. The van der Waals surface area contributed by atoms with Crippen LogP contribution >= 0.6 is 24.4 Å². The van der Waals surface area contributed by atoms with Gasteiger partial charge < -0.3 is 32.7 Å². The van der Waals surface area contributed by atoms with Gasteiger partial charge in [-0.1, -0.05) is 0 Å². The second-order valence-corrected chi connectivity index (χ2v) is 1.17. The van der Waals surface area contributed by atoms with E-state index in [9.17, 15) is 0 Å². The van der Waals surface area contributed by atoms with E-state index in [1.54, 1.807) is 0 Å². The third-order valence-electron chi connectivity index (χ3n) is 0. The van der Waals surface area contributed by atoms with Crippen LogP contribution < -0.4 is 32.7 Å². The normalized spacial score (nSPS) is 4.36. The van der Waals surface area contributed by atoms with E-state index < -0.39 is 10.5 Å². The van der Waals surface area contributed by atoms with Gasteiger partial charge in [0.05, 0.1) is 0 Å². The molecule has 8 N–H and O–H groups in total. The molecular formula is C2H8CuN2O4S2. The molecule has 73 valence electrons. The van der Waals surface area contributed by atoms with E-state index in [0.717, 1.165) is 0 Å². The van der Waals surface area contributed by atoms with Gasteiger partial charge in [-0.2, -0.15) is 0 Å². The first-order valence-electron chi connectivity index (χ1n) is 1.22. The fraction of sp³-hybridized carbons (Fsp3) is 0. The van der Waals surface area contributed by atoms with Crippen LogP contribution in [0.5, 0.6) is 0 Å². The van der Waals surface area contributed by atoms with Crippen LogP contribution in [0, 0.1) is 0 Å². The Morgan fingerprint density at radius 3 is 0.727 bits per heavy atom. The average molecular weight is 252 g/mol. The van der Waals surface area contributed by atoms with Crippen molar-refractivity contribution in [3.63, 3.8) is 0 Å². The predicted octanol–water partition coefficient (Wildman–Crippen LogP) is -3.27. The molecule has 0 aromatic carbocycles. The van der Waals surface area contributed by atoms with E-state index in [0.29, 0.717) is 0 Å². The molecule has 0 heterocycles. The summed E-state index contributed by atoms with van der Waals surface area (Å²) in [5.74, 6) is 0. The maximum Gasteiger partial charge on any atom is 2.00 e. The van der Waals surface area contributed by atoms with Gasteiger partial charge in [-0.3, -0.25) is 0 Å². The first-order chi connectivity index (χ1) is 3.46. The van der Waals surface area contributed by atoms with Crippen LogP contribution in [-0.4, -0.2) is 10.5 Å². The summed E-state index contributed by atoms with van der Waals surface area (Å²) in [6, 6.07) is 0. The minimum absolute atomic E-state index is 0. The zero-order valence-corrected chi connectivity index (χ0v) is 8.33. The van der Waals surface area contributed by atoms with Crippen molar-refractivity contribution < 1.29 is 37.5 Å². The monoisotopic (exact) mass is 251 g/mol. The fourth-order valence-electron chi connectivity index (χ4n) is 0. The summed E-state index contributed by atoms with van der Waals surface area (Å²) in [5, 5.41) is 31.8. The number of quaternary nitrogens is 2. The summed E-state index contributed by atoms with van der Waals surface area (Å²) >= 11 is 6.85. The Morgan fingerprint density at radius 1 is 0.727 bits per heavy atom. The van der Waals surface area contributed by atoms with Crippen molar-refractivity contribution in [2.45, 2.75) is 0 Å². The van der Waals surface area contributed by atoms with Gasteiger partial charge in [0.25, 0.3) is 0 Å². The van der Waals surface area contributed by atoms with Crippen molar-refractivity contribution in [1.29, 1.82) is 0 Å². The van der Waals surface area contributed by atoms with Gasteiger partial charge in [0.15, 0.2) is 0 Å². The fourth-order valence-corrected chi connectivity index (χ4v) is 0. The maximum absolute atomic E-state index is 8.70. The van der Waals surface area contributed by atoms with Gasteiger partial charge in [0.2, 0.25) is 0 Å². The quantitative estimate of drug-likeness (QED) is 0.338. The van der Waals surface area contributed by atoms with Crippen LogP contribution in [0.3, 0.4) is 0 Å². The Bertz CT molecular complexity index is 82.1. The molecule has 0 aliphatic carbocycles. The number of rotatable bonds is 0. The second kappa shape index (κ2) is 22.6. The minimum Gasteiger partial charge on any atom is -0.876 e. The van der Waals surface area contributed by atoms with E-state index in [-0.39, 0.29) is 29.4 Å². The summed E-state index contributed by atoms with van der Waals surface area (Å²) in [5.41, 5.74) is 0. The van der Waals surface area contributed by atoms with Crippen LogP contribution in [0.4, 0.5) is 0 Å². The molecule has 0 aliphatic heterocycles. The molecule has 0 aromatic heterocycles. The molecule has 0 fully saturated rings. The Labute approximate surface area is 84.9 Å². The zero-order chi connectivity index (χ0) is 7.15. The van der Waals surface area contributed by atoms with Crippen molar-refractivity contribution in [1.82, 2.24) is 12.3 Å². The third kappa shape index (κ3) is 18400. The summed E-state index contributed by atoms with van der Waals surface area (Å²) in [7, 11) is 0. The van der Waals surface area contributed by atoms with Crippen LogP contribution in [-0.2, 0) is 17.1 Å². The Kier molecular flexibility index (Phi) is 63.2. The average Bonchev–Trinajstić information content (AvgIpc) is 1.25. The molecule has 6 nitrogen and oxygen atoms in total. The van der Waals surface area contributed by atoms with Crippen LogP contribution in [0.1, 0.15) is 0 Å². The molecule has 0 rings (SSSR count). The molecule has 0 unspecified atom stereocenters. The van der Waals surface area contributed by atoms with Gasteiger partial charge in [0, 0.05) is 0 Å². The first kappa shape index (κ1) is 30.8. The molecule has 0 saturated carbocycles. The molecule has 11 heavy (non-hydrogen) atoms. The Balaban J connectivity index is -0.0000000171. The number of hydrogen-bond acceptors (Lipinski definition) is 6. The Hall–Kier alpha value is -0.181. The van der Waals surface area contributed by atoms with E-state index in [4.69, 9.17) is 20.4 Å². The van der Waals surface area contributed by atoms with Crippen molar-refractivity contribution in [2.75, 3.05) is 0 Å². The molecule has 1 radical (unpaired) electrons. The smallest absolute Gasteiger partial charge is 0.876 e. The summed E-state index contributed by atoms with van der Waals surface area (Å²) in [4.78, 5) is 0. The van der Waals surface area contributed by atoms with Gasteiger partial charge in [-0.15, -0.1) is 34.9 Å². The van der Waals surface area contributed by atoms with Crippen LogP contribution in [0.25, 0.3) is 0 Å². The standard InChI is InChI=1S/2CH2O2S.Cu.2H3N/c2*2-1(3)4;;;/h2*(H2,2,3,4);;2*1H3/q;;+2;;/p-2. The van der Waals surface area contributed by atoms with Crippen molar-refractivity contribution in [3.8, 4) is 0 Å². The predicted molar refractivity (Wildman–Crippen MR) is 37.2 cm³/mol. The topological polar surface area (TPSA) is 165 Å². The summed E-state index contributed by atoms with van der Waals surface area (Å²) in [6.45, 7) is 0.